The van der Waals surface area contributed by atoms with Crippen molar-refractivity contribution in [2.45, 2.75) is 51.4 Å². The zero-order valence-corrected chi connectivity index (χ0v) is 12.5. The van der Waals surface area contributed by atoms with E-state index in [0.717, 1.165) is 30.4 Å². The van der Waals surface area contributed by atoms with Crippen LogP contribution in [-0.4, -0.2) is 16.9 Å². The van der Waals surface area contributed by atoms with Gasteiger partial charge in [-0.05, 0) is 48.8 Å². The third kappa shape index (κ3) is 1.39. The van der Waals surface area contributed by atoms with E-state index in [1.54, 1.807) is 0 Å². The summed E-state index contributed by atoms with van der Waals surface area (Å²) in [6.45, 7) is 4.04. The fourth-order valence-corrected chi connectivity index (χ4v) is 5.55. The van der Waals surface area contributed by atoms with Gasteiger partial charge in [-0.15, -0.1) is 0 Å². The molecule has 3 heteroatoms. The predicted molar refractivity (Wildman–Crippen MR) is 78.3 cm³/mol. The molecule has 2 fully saturated rings. The average molecular weight is 284 g/mol. The van der Waals surface area contributed by atoms with E-state index in [0.29, 0.717) is 6.42 Å². The number of carbonyl (C=O) groups is 2. The maximum absolute atomic E-state index is 12.5. The number of carboxylic acid groups (broad SMARTS) is 1. The fourth-order valence-electron chi connectivity index (χ4n) is 5.55. The van der Waals surface area contributed by atoms with E-state index in [1.807, 2.05) is 26.0 Å². The molecule has 0 saturated heterocycles. The predicted octanol–water partition coefficient (Wildman–Crippen LogP) is 3.41. The Kier molecular flexibility index (Phi) is 2.34. The minimum atomic E-state index is -0.757. The summed E-state index contributed by atoms with van der Waals surface area (Å²) in [6, 6.07) is 6.11. The molecule has 0 unspecified atom stereocenters. The van der Waals surface area contributed by atoms with Crippen LogP contribution in [0, 0.1) is 17.8 Å². The molecular weight excluding hydrogens is 264 g/mol. The molecule has 2 saturated carbocycles. The largest absolute Gasteiger partial charge is 0.481 e. The molecule has 4 atom stereocenters. The van der Waals surface area contributed by atoms with Crippen molar-refractivity contribution in [3.63, 3.8) is 0 Å². The van der Waals surface area contributed by atoms with Gasteiger partial charge in [0.05, 0.1) is 5.92 Å². The molecule has 0 radical (unpaired) electrons. The molecule has 0 amide bonds. The number of hydrogen-bond acceptors (Lipinski definition) is 2. The monoisotopic (exact) mass is 284 g/mol. The van der Waals surface area contributed by atoms with Gasteiger partial charge in [-0.2, -0.15) is 0 Å². The second-order valence-corrected chi connectivity index (χ2v) is 7.51. The van der Waals surface area contributed by atoms with E-state index >= 15 is 0 Å². The van der Waals surface area contributed by atoms with Crippen LogP contribution in [0.1, 0.15) is 61.1 Å². The van der Waals surface area contributed by atoms with Crippen LogP contribution in [0.25, 0.3) is 0 Å². The zero-order chi connectivity index (χ0) is 15.0. The van der Waals surface area contributed by atoms with Gasteiger partial charge in [-0.3, -0.25) is 9.59 Å². The molecule has 1 aromatic rings. The molecule has 3 aliphatic carbocycles. The highest BCUT2D eigenvalue weighted by molar-refractivity contribution is 5.92. The van der Waals surface area contributed by atoms with Gasteiger partial charge < -0.3 is 5.11 Å². The molecule has 1 N–H and O–H groups in total. The lowest BCUT2D eigenvalue weighted by Crippen LogP contribution is -2.36. The molecule has 21 heavy (non-hydrogen) atoms. The van der Waals surface area contributed by atoms with Crippen LogP contribution in [0.4, 0.5) is 0 Å². The Morgan fingerprint density at radius 3 is 2.86 bits per heavy atom. The maximum atomic E-state index is 12.5. The quantitative estimate of drug-likeness (QED) is 0.859. The van der Waals surface area contributed by atoms with E-state index in [9.17, 15) is 14.7 Å². The number of benzene rings is 1. The highest BCUT2D eigenvalue weighted by Gasteiger charge is 2.66. The molecule has 110 valence electrons. The Hall–Kier alpha value is -1.64. The molecule has 3 nitrogen and oxygen atoms in total. The van der Waals surface area contributed by atoms with Gasteiger partial charge in [0, 0.05) is 17.3 Å². The first-order valence-corrected chi connectivity index (χ1v) is 7.75. The van der Waals surface area contributed by atoms with E-state index in [2.05, 4.69) is 6.07 Å². The molecule has 0 aromatic heterocycles. The van der Waals surface area contributed by atoms with Crippen molar-refractivity contribution in [1.82, 2.24) is 0 Å². The number of Topliss-reactive ketones (excluding diaryl/α,β-unsaturated/α-hetero) is 1. The molecule has 0 heterocycles. The number of rotatable bonds is 1. The van der Waals surface area contributed by atoms with Crippen LogP contribution in [0.15, 0.2) is 18.2 Å². The zero-order valence-electron chi connectivity index (χ0n) is 12.5. The number of carbonyl (C=O) groups excluding carboxylic acids is 1. The summed E-state index contributed by atoms with van der Waals surface area (Å²) < 4.78 is 0. The molecule has 1 aromatic carbocycles. The van der Waals surface area contributed by atoms with Gasteiger partial charge in [0.2, 0.25) is 0 Å². The van der Waals surface area contributed by atoms with Crippen LogP contribution < -0.4 is 0 Å². The van der Waals surface area contributed by atoms with Crippen LogP contribution in [0.3, 0.4) is 0 Å². The second-order valence-electron chi connectivity index (χ2n) is 7.51. The number of carboxylic acids is 1. The summed E-state index contributed by atoms with van der Waals surface area (Å²) >= 11 is 0. The smallest absolute Gasteiger partial charge is 0.311 e. The third-order valence-electron chi connectivity index (χ3n) is 6.40. The lowest BCUT2D eigenvalue weighted by atomic mass is 9.61. The summed E-state index contributed by atoms with van der Waals surface area (Å²) in [4.78, 5) is 24.6. The number of aliphatic carboxylic acids is 1. The van der Waals surface area contributed by atoms with Crippen molar-refractivity contribution in [3.05, 3.63) is 34.9 Å². The first-order chi connectivity index (χ1) is 9.89. The van der Waals surface area contributed by atoms with Crippen molar-refractivity contribution < 1.29 is 14.7 Å². The first-order valence-electron chi connectivity index (χ1n) is 7.75. The van der Waals surface area contributed by atoms with Gasteiger partial charge >= 0.3 is 5.97 Å². The van der Waals surface area contributed by atoms with E-state index < -0.39 is 11.9 Å². The number of ketones is 1. The van der Waals surface area contributed by atoms with Gasteiger partial charge in [0.15, 0.2) is 0 Å². The summed E-state index contributed by atoms with van der Waals surface area (Å²) in [7, 11) is 0. The van der Waals surface area contributed by atoms with Crippen LogP contribution in [-0.2, 0) is 9.59 Å². The number of fused-ring (bicyclic) bond motifs is 3. The van der Waals surface area contributed by atoms with Crippen LogP contribution >= 0.6 is 0 Å². The van der Waals surface area contributed by atoms with Gasteiger partial charge in [0.1, 0.15) is 5.78 Å². The summed E-state index contributed by atoms with van der Waals surface area (Å²) in [5.74, 6) is -0.744. The number of hydrogen-bond donors (Lipinski definition) is 1. The lowest BCUT2D eigenvalue weighted by molar-refractivity contribution is -0.142. The molecule has 1 spiro atoms. The lowest BCUT2D eigenvalue weighted by Gasteiger charge is -2.41. The Bertz CT molecular complexity index is 677. The van der Waals surface area contributed by atoms with Crippen molar-refractivity contribution in [2.24, 2.45) is 10.8 Å². The Morgan fingerprint density at radius 1 is 1.38 bits per heavy atom. The minimum Gasteiger partial charge on any atom is -0.481 e. The average Bonchev–Trinajstić information content (AvgIpc) is 2.79. The Balaban J connectivity index is 1.98. The standard InChI is InChI=1S/C18H20O3/c1-10-4-3-5-11-12-6-7-17(2)9-18(12,8-13(17)19)15(14(10)11)16(20)21/h3-5,12,15H,6-9H2,1-2H3,(H,20,21)/t12-,15-,17+,18-/m1/s1. The van der Waals surface area contributed by atoms with Crippen molar-refractivity contribution >= 4 is 11.8 Å². The number of aryl methyl sites for hydroxylation is 1. The van der Waals surface area contributed by atoms with Gasteiger partial charge in [-0.25, -0.2) is 0 Å². The van der Waals surface area contributed by atoms with Crippen LogP contribution in [0.5, 0.6) is 0 Å². The highest BCUT2D eigenvalue weighted by atomic mass is 16.4. The first kappa shape index (κ1) is 13.1. The Labute approximate surface area is 124 Å². The van der Waals surface area contributed by atoms with Crippen molar-refractivity contribution in [1.29, 1.82) is 0 Å². The normalized spacial score (nSPS) is 40.0. The SMILES string of the molecule is Cc1cccc2c1[C@H](C(=O)O)[C@@]13CC(=O)[C@@](C)(CC[C@H]21)C3. The van der Waals surface area contributed by atoms with Crippen molar-refractivity contribution in [3.8, 4) is 0 Å². The van der Waals surface area contributed by atoms with Crippen molar-refractivity contribution in [2.75, 3.05) is 0 Å². The van der Waals surface area contributed by atoms with E-state index in [-0.39, 0.29) is 22.5 Å². The van der Waals surface area contributed by atoms with Crippen LogP contribution in [0.2, 0.25) is 0 Å². The summed E-state index contributed by atoms with van der Waals surface area (Å²) in [6.07, 6.45) is 3.04. The molecule has 4 rings (SSSR count). The molecular formula is C18H20O3. The summed E-state index contributed by atoms with van der Waals surface area (Å²) in [5.41, 5.74) is 2.59. The Morgan fingerprint density at radius 2 is 2.14 bits per heavy atom. The molecule has 2 bridgehead atoms. The fraction of sp³-hybridized carbons (Fsp3) is 0.556. The summed E-state index contributed by atoms with van der Waals surface area (Å²) in [5, 5.41) is 9.90. The van der Waals surface area contributed by atoms with E-state index in [1.165, 1.54) is 5.56 Å². The topological polar surface area (TPSA) is 54.4 Å². The van der Waals surface area contributed by atoms with Gasteiger partial charge in [0.25, 0.3) is 0 Å². The second kappa shape index (κ2) is 3.76. The molecule has 3 aliphatic rings. The van der Waals surface area contributed by atoms with E-state index in [4.69, 9.17) is 0 Å². The highest BCUT2D eigenvalue weighted by Crippen LogP contribution is 2.71. The molecule has 0 aliphatic heterocycles. The maximum Gasteiger partial charge on any atom is 0.311 e. The third-order valence-corrected chi connectivity index (χ3v) is 6.40. The van der Waals surface area contributed by atoms with Gasteiger partial charge in [-0.1, -0.05) is 25.1 Å². The minimum absolute atomic E-state index is 0.244.